The number of benzene rings is 2. The van der Waals surface area contributed by atoms with Gasteiger partial charge in [0.15, 0.2) is 15.4 Å². The van der Waals surface area contributed by atoms with Crippen LogP contribution in [-0.4, -0.2) is 74.4 Å². The summed E-state index contributed by atoms with van der Waals surface area (Å²) >= 11 is 0. The number of rotatable bonds is 9. The Morgan fingerprint density at radius 3 is 2.51 bits per heavy atom. The predicted molar refractivity (Wildman–Crippen MR) is 147 cm³/mol. The molecular formula is C31H38N3O4S+. The van der Waals surface area contributed by atoms with Crippen molar-refractivity contribution in [3.05, 3.63) is 65.7 Å². The molecule has 0 aromatic heterocycles. The molecule has 8 heteroatoms. The van der Waals surface area contributed by atoms with Gasteiger partial charge in [-0.15, -0.1) is 0 Å². The molecule has 5 aliphatic rings. The van der Waals surface area contributed by atoms with Gasteiger partial charge in [0, 0.05) is 18.8 Å². The third-order valence-electron chi connectivity index (χ3n) is 10.1. The highest BCUT2D eigenvalue weighted by Gasteiger charge is 2.81. The summed E-state index contributed by atoms with van der Waals surface area (Å²) in [6, 6.07) is 18.3. The van der Waals surface area contributed by atoms with Gasteiger partial charge >= 0.3 is 5.97 Å². The minimum absolute atomic E-state index is 0.0841. The number of likely N-dealkylation sites (tertiary alicyclic amines) is 1. The molecule has 7 rings (SSSR count). The van der Waals surface area contributed by atoms with E-state index in [1.54, 1.807) is 12.1 Å². The Labute approximate surface area is 231 Å². The molecule has 3 unspecified atom stereocenters. The SMILES string of the molecule is C[C@@](C(=O)O[C@]12C[N+]3(CCCS(=O)(=O)c4ccc(C#N)cc4)CCC1C2C3)(c1ccccc1)N1CCCCC1. The Morgan fingerprint density at radius 1 is 1.10 bits per heavy atom. The first kappa shape index (κ1) is 26.5. The van der Waals surface area contributed by atoms with Gasteiger partial charge < -0.3 is 9.22 Å². The van der Waals surface area contributed by atoms with Gasteiger partial charge in [-0.25, -0.2) is 13.2 Å². The molecule has 1 saturated carbocycles. The minimum atomic E-state index is -3.41. The first-order valence-electron chi connectivity index (χ1n) is 14.3. The number of hydrogen-bond donors (Lipinski definition) is 0. The van der Waals surface area contributed by atoms with Gasteiger partial charge in [0.2, 0.25) is 0 Å². The molecule has 5 atom stereocenters. The number of nitrogens with zero attached hydrogens (tertiary/aromatic N) is 3. The lowest BCUT2D eigenvalue weighted by molar-refractivity contribution is -0.930. The van der Waals surface area contributed by atoms with E-state index < -0.39 is 21.0 Å². The Bertz CT molecular complexity index is 1380. The zero-order valence-corrected chi connectivity index (χ0v) is 23.5. The molecule has 0 N–H and O–H groups in total. The zero-order valence-electron chi connectivity index (χ0n) is 22.7. The second-order valence-corrected chi connectivity index (χ2v) is 14.4. The van der Waals surface area contributed by atoms with Crippen molar-refractivity contribution in [1.29, 1.82) is 5.26 Å². The Kier molecular flexibility index (Phi) is 6.60. The number of ether oxygens (including phenoxy) is 1. The maximum atomic E-state index is 14.1. The molecule has 4 aliphatic heterocycles. The van der Waals surface area contributed by atoms with E-state index >= 15 is 0 Å². The molecule has 4 saturated heterocycles. The number of sulfone groups is 1. The van der Waals surface area contributed by atoms with Crippen molar-refractivity contribution in [3.63, 3.8) is 0 Å². The fourth-order valence-corrected chi connectivity index (χ4v) is 9.14. The van der Waals surface area contributed by atoms with Crippen LogP contribution >= 0.6 is 0 Å². The number of piperidine rings is 4. The van der Waals surface area contributed by atoms with Crippen LogP contribution in [0.3, 0.4) is 0 Å². The maximum absolute atomic E-state index is 14.1. The van der Waals surface area contributed by atoms with Gasteiger partial charge in [-0.05, 0) is 62.7 Å². The largest absolute Gasteiger partial charge is 0.451 e. The number of carbonyl (C=O) groups is 1. The van der Waals surface area contributed by atoms with Crippen molar-refractivity contribution in [2.24, 2.45) is 11.8 Å². The summed E-state index contributed by atoms with van der Waals surface area (Å²) in [6.07, 6.45) is 4.99. The summed E-state index contributed by atoms with van der Waals surface area (Å²) in [6.45, 7) is 7.41. The molecule has 2 aromatic carbocycles. The number of fused-ring (bicyclic) bond motifs is 1. The topological polar surface area (TPSA) is 87.5 Å². The van der Waals surface area contributed by atoms with Crippen molar-refractivity contribution < 1.29 is 22.4 Å². The summed E-state index contributed by atoms with van der Waals surface area (Å²) in [5.74, 6) is 0.770. The van der Waals surface area contributed by atoms with E-state index in [1.165, 1.54) is 18.6 Å². The number of esters is 1. The van der Waals surface area contributed by atoms with Gasteiger partial charge in [0.05, 0.1) is 47.8 Å². The molecule has 1 aliphatic carbocycles. The number of hydrogen-bond acceptors (Lipinski definition) is 6. The third-order valence-corrected chi connectivity index (χ3v) is 11.9. The maximum Gasteiger partial charge on any atom is 0.331 e. The molecule has 4 bridgehead atoms. The fraction of sp³-hybridized carbons (Fsp3) is 0.548. The normalized spacial score (nSPS) is 31.2. The number of quaternary nitrogens is 1. The van der Waals surface area contributed by atoms with E-state index in [0.717, 1.165) is 68.6 Å². The molecule has 39 heavy (non-hydrogen) atoms. The van der Waals surface area contributed by atoms with E-state index in [9.17, 15) is 13.2 Å². The quantitative estimate of drug-likeness (QED) is 0.349. The minimum Gasteiger partial charge on any atom is -0.451 e. The van der Waals surface area contributed by atoms with Crippen molar-refractivity contribution in [2.45, 2.75) is 55.1 Å². The van der Waals surface area contributed by atoms with Crippen LogP contribution in [0, 0.1) is 23.2 Å². The summed E-state index contributed by atoms with van der Waals surface area (Å²) in [5.41, 5.74) is 0.245. The summed E-state index contributed by atoms with van der Waals surface area (Å²) in [7, 11) is -3.41. The smallest absolute Gasteiger partial charge is 0.331 e. The van der Waals surface area contributed by atoms with Gasteiger partial charge in [-0.2, -0.15) is 5.26 Å². The van der Waals surface area contributed by atoms with E-state index in [0.29, 0.717) is 23.8 Å². The molecule has 0 amide bonds. The van der Waals surface area contributed by atoms with E-state index in [2.05, 4.69) is 4.90 Å². The molecule has 4 heterocycles. The first-order chi connectivity index (χ1) is 18.7. The Morgan fingerprint density at radius 2 is 1.82 bits per heavy atom. The van der Waals surface area contributed by atoms with Crippen molar-refractivity contribution in [2.75, 3.05) is 45.0 Å². The van der Waals surface area contributed by atoms with E-state index in [4.69, 9.17) is 10.00 Å². The number of carbonyl (C=O) groups excluding carboxylic acids is 1. The second kappa shape index (κ2) is 9.72. The molecule has 2 aromatic rings. The number of nitriles is 1. The molecular weight excluding hydrogens is 510 g/mol. The van der Waals surface area contributed by atoms with Crippen LogP contribution in [0.5, 0.6) is 0 Å². The second-order valence-electron chi connectivity index (χ2n) is 12.3. The van der Waals surface area contributed by atoms with Crippen LogP contribution in [0.2, 0.25) is 0 Å². The molecule has 7 nitrogen and oxygen atoms in total. The van der Waals surface area contributed by atoms with Crippen molar-refractivity contribution >= 4 is 15.8 Å². The molecule has 206 valence electrons. The van der Waals surface area contributed by atoms with Crippen LogP contribution < -0.4 is 0 Å². The van der Waals surface area contributed by atoms with Crippen LogP contribution in [0.1, 0.15) is 50.2 Å². The lowest BCUT2D eigenvalue weighted by Gasteiger charge is -2.44. The van der Waals surface area contributed by atoms with Crippen molar-refractivity contribution in [1.82, 2.24) is 4.90 Å². The summed E-state index contributed by atoms with van der Waals surface area (Å²) in [5, 5.41) is 8.99. The highest BCUT2D eigenvalue weighted by molar-refractivity contribution is 7.91. The van der Waals surface area contributed by atoms with Gasteiger partial charge in [-0.3, -0.25) is 4.90 Å². The lowest BCUT2D eigenvalue weighted by atomic mass is 9.88. The highest BCUT2D eigenvalue weighted by atomic mass is 32.2. The average molecular weight is 549 g/mol. The van der Waals surface area contributed by atoms with Gasteiger partial charge in [0.25, 0.3) is 0 Å². The average Bonchev–Trinajstić information content (AvgIpc) is 3.46. The summed E-state index contributed by atoms with van der Waals surface area (Å²) in [4.78, 5) is 16.7. The van der Waals surface area contributed by atoms with Crippen LogP contribution in [0.25, 0.3) is 0 Å². The lowest BCUT2D eigenvalue weighted by Crippen LogP contribution is -2.58. The predicted octanol–water partition coefficient (Wildman–Crippen LogP) is 3.89. The van der Waals surface area contributed by atoms with Crippen molar-refractivity contribution in [3.8, 4) is 6.07 Å². The Hall–Kier alpha value is -2.73. The monoisotopic (exact) mass is 548 g/mol. The Balaban J connectivity index is 1.14. The third kappa shape index (κ3) is 4.49. The highest BCUT2D eigenvalue weighted by Crippen LogP contribution is 2.66. The first-order valence-corrected chi connectivity index (χ1v) is 16.0. The molecule has 0 radical (unpaired) electrons. The molecule has 5 fully saturated rings. The fourth-order valence-electron chi connectivity index (χ4n) is 7.84. The van der Waals surface area contributed by atoms with Crippen LogP contribution in [-0.2, 0) is 24.9 Å². The zero-order chi connectivity index (χ0) is 27.3. The van der Waals surface area contributed by atoms with Crippen LogP contribution in [0.15, 0.2) is 59.5 Å². The van der Waals surface area contributed by atoms with E-state index in [1.807, 2.05) is 43.3 Å². The van der Waals surface area contributed by atoms with Gasteiger partial charge in [-0.1, -0.05) is 36.8 Å². The summed E-state index contributed by atoms with van der Waals surface area (Å²) < 4.78 is 33.3. The van der Waals surface area contributed by atoms with Crippen LogP contribution in [0.4, 0.5) is 0 Å². The molecule has 0 spiro atoms. The standard InChI is InChI=1S/C31H38N3O4S/c1-30(25-9-4-2-5-10-25,33-16-6-3-7-17-33)29(35)38-31-23-34(19-15-27(31)28(31)22-34)18-8-20-39(36,37)26-13-11-24(21-32)12-14-26/h2,4-5,9-14,27-28H,3,6-8,15-20,22-23H2,1H3/q+1/t27?,28?,30-,31+,34?/m0/s1. The van der Waals surface area contributed by atoms with Gasteiger partial charge in [0.1, 0.15) is 12.1 Å². The van der Waals surface area contributed by atoms with E-state index in [-0.39, 0.29) is 16.6 Å².